The highest BCUT2D eigenvalue weighted by Crippen LogP contribution is 2.29. The number of carbonyl (C=O) groups excluding carboxylic acids is 1. The topological polar surface area (TPSA) is 54.3 Å². The lowest BCUT2D eigenvalue weighted by atomic mass is 9.94. The quantitative estimate of drug-likeness (QED) is 0.520. The fraction of sp³-hybridized carbons (Fsp3) is 0.552. The van der Waals surface area contributed by atoms with Gasteiger partial charge in [0, 0.05) is 49.7 Å². The molecule has 0 spiro atoms. The summed E-state index contributed by atoms with van der Waals surface area (Å²) in [5.74, 6) is 0.277. The first kappa shape index (κ1) is 24.0. The first-order chi connectivity index (χ1) is 16.9. The Kier molecular flexibility index (Phi) is 6.92. The largest absolute Gasteiger partial charge is 0.340 e. The summed E-state index contributed by atoms with van der Waals surface area (Å²) in [4.78, 5) is 22.8. The molecule has 0 unspecified atom stereocenters. The monoisotopic (exact) mass is 473 g/mol. The second-order valence-electron chi connectivity index (χ2n) is 10.5. The van der Waals surface area contributed by atoms with Crippen molar-refractivity contribution in [1.82, 2.24) is 24.6 Å². The van der Waals surface area contributed by atoms with Crippen molar-refractivity contribution >= 4 is 16.9 Å². The van der Waals surface area contributed by atoms with Crippen molar-refractivity contribution in [2.45, 2.75) is 78.7 Å². The van der Waals surface area contributed by atoms with Crippen molar-refractivity contribution in [2.24, 2.45) is 0 Å². The Balaban J connectivity index is 1.28. The number of aryl methyl sites for hydroxylation is 4. The van der Waals surface area contributed by atoms with Gasteiger partial charge in [-0.3, -0.25) is 9.69 Å². The molecule has 1 aliphatic heterocycles. The summed E-state index contributed by atoms with van der Waals surface area (Å²) in [6.45, 7) is 12.2. The summed E-state index contributed by atoms with van der Waals surface area (Å²) < 4.78 is 1.95. The van der Waals surface area contributed by atoms with Gasteiger partial charge in [0.15, 0.2) is 5.65 Å². The van der Waals surface area contributed by atoms with Gasteiger partial charge in [-0.25, -0.2) is 9.67 Å². The van der Waals surface area contributed by atoms with Crippen LogP contribution in [0.5, 0.6) is 0 Å². The minimum Gasteiger partial charge on any atom is -0.340 e. The molecule has 3 heterocycles. The Morgan fingerprint density at radius 1 is 0.914 bits per heavy atom. The SMILES string of the molecule is Cc1ccc(-n2nc(C)c3c(C)c(CCC(=O)N4CCN(C5CCCCC5)CC4)c(C)nc32)cc1. The minimum atomic E-state index is 0.277. The Morgan fingerprint density at radius 3 is 2.29 bits per heavy atom. The Hall–Kier alpha value is -2.73. The number of benzene rings is 1. The third kappa shape index (κ3) is 4.86. The van der Waals surface area contributed by atoms with E-state index in [0.29, 0.717) is 6.42 Å². The minimum absolute atomic E-state index is 0.277. The summed E-state index contributed by atoms with van der Waals surface area (Å²) in [6.07, 6.45) is 8.07. The third-order valence-corrected chi connectivity index (χ3v) is 8.20. The summed E-state index contributed by atoms with van der Waals surface area (Å²) in [5, 5.41) is 5.93. The van der Waals surface area contributed by atoms with Gasteiger partial charge in [-0.05, 0) is 70.2 Å². The molecular formula is C29H39N5O. The number of fused-ring (bicyclic) bond motifs is 1. The predicted molar refractivity (Wildman–Crippen MR) is 141 cm³/mol. The van der Waals surface area contributed by atoms with Gasteiger partial charge < -0.3 is 4.90 Å². The average molecular weight is 474 g/mol. The van der Waals surface area contributed by atoms with Crippen molar-refractivity contribution in [1.29, 1.82) is 0 Å². The molecule has 6 nitrogen and oxygen atoms in total. The molecule has 2 aliphatic rings. The predicted octanol–water partition coefficient (Wildman–Crippen LogP) is 5.06. The van der Waals surface area contributed by atoms with E-state index in [0.717, 1.165) is 66.8 Å². The molecule has 0 N–H and O–H groups in total. The number of nitrogens with zero attached hydrogens (tertiary/aromatic N) is 5. The van der Waals surface area contributed by atoms with E-state index in [9.17, 15) is 4.79 Å². The van der Waals surface area contributed by atoms with Crippen LogP contribution in [-0.2, 0) is 11.2 Å². The van der Waals surface area contributed by atoms with Crippen LogP contribution in [0.4, 0.5) is 0 Å². The molecule has 6 heteroatoms. The molecule has 3 aromatic rings. The maximum atomic E-state index is 13.1. The van der Waals surface area contributed by atoms with Crippen LogP contribution in [0.25, 0.3) is 16.7 Å². The molecular weight excluding hydrogens is 434 g/mol. The number of amides is 1. The highest BCUT2D eigenvalue weighted by molar-refractivity contribution is 5.85. The molecule has 2 aromatic heterocycles. The second-order valence-corrected chi connectivity index (χ2v) is 10.5. The van der Waals surface area contributed by atoms with Crippen LogP contribution in [-0.4, -0.2) is 62.7 Å². The van der Waals surface area contributed by atoms with E-state index < -0.39 is 0 Å². The van der Waals surface area contributed by atoms with Crippen LogP contribution in [0.1, 0.15) is 66.6 Å². The van der Waals surface area contributed by atoms with Crippen LogP contribution in [0.2, 0.25) is 0 Å². The van der Waals surface area contributed by atoms with E-state index in [-0.39, 0.29) is 5.91 Å². The van der Waals surface area contributed by atoms with Gasteiger partial charge in [-0.2, -0.15) is 5.10 Å². The first-order valence-electron chi connectivity index (χ1n) is 13.4. The van der Waals surface area contributed by atoms with Gasteiger partial charge in [-0.1, -0.05) is 37.0 Å². The standard InChI is InChI=1S/C29H39N5O/c1-20-10-12-25(13-11-20)34-29-28(23(4)31-34)21(2)26(22(3)30-29)14-15-27(35)33-18-16-32(17-19-33)24-8-6-5-7-9-24/h10-13,24H,5-9,14-19H2,1-4H3. The zero-order valence-corrected chi connectivity index (χ0v) is 21.8. The van der Waals surface area contributed by atoms with Crippen molar-refractivity contribution in [3.8, 4) is 5.69 Å². The lowest BCUT2D eigenvalue weighted by Crippen LogP contribution is -2.52. The fourth-order valence-corrected chi connectivity index (χ4v) is 6.11. The van der Waals surface area contributed by atoms with Crippen LogP contribution in [0.3, 0.4) is 0 Å². The smallest absolute Gasteiger partial charge is 0.222 e. The Labute approximate surface area is 209 Å². The molecule has 0 bridgehead atoms. The molecule has 5 rings (SSSR count). The Morgan fingerprint density at radius 2 is 1.60 bits per heavy atom. The van der Waals surface area contributed by atoms with Gasteiger partial charge in [0.2, 0.25) is 5.91 Å². The molecule has 0 atom stereocenters. The van der Waals surface area contributed by atoms with E-state index in [1.807, 2.05) is 4.68 Å². The van der Waals surface area contributed by atoms with Gasteiger partial charge in [0.1, 0.15) is 0 Å². The number of carbonyl (C=O) groups is 1. The number of hydrogen-bond acceptors (Lipinski definition) is 4. The zero-order valence-electron chi connectivity index (χ0n) is 21.8. The van der Waals surface area contributed by atoms with Crippen LogP contribution < -0.4 is 0 Å². The normalized spacial score (nSPS) is 17.9. The number of pyridine rings is 1. The lowest BCUT2D eigenvalue weighted by molar-refractivity contribution is -0.133. The third-order valence-electron chi connectivity index (χ3n) is 8.20. The highest BCUT2D eigenvalue weighted by atomic mass is 16.2. The molecule has 1 amide bonds. The van der Waals surface area contributed by atoms with Crippen LogP contribution >= 0.6 is 0 Å². The van der Waals surface area contributed by atoms with E-state index in [4.69, 9.17) is 10.1 Å². The van der Waals surface area contributed by atoms with Crippen molar-refractivity contribution in [3.05, 3.63) is 52.3 Å². The first-order valence-corrected chi connectivity index (χ1v) is 13.4. The average Bonchev–Trinajstić information content (AvgIpc) is 3.20. The van der Waals surface area contributed by atoms with E-state index in [1.165, 1.54) is 48.8 Å². The molecule has 2 fully saturated rings. The lowest BCUT2D eigenvalue weighted by Gasteiger charge is -2.40. The summed E-state index contributed by atoms with van der Waals surface area (Å²) in [6, 6.07) is 9.13. The highest BCUT2D eigenvalue weighted by Gasteiger charge is 2.27. The number of aromatic nitrogens is 3. The molecule has 1 saturated carbocycles. The zero-order chi connectivity index (χ0) is 24.5. The molecule has 1 aromatic carbocycles. The van der Waals surface area contributed by atoms with Crippen molar-refractivity contribution in [3.63, 3.8) is 0 Å². The summed E-state index contributed by atoms with van der Waals surface area (Å²) in [5.41, 5.74) is 7.53. The maximum Gasteiger partial charge on any atom is 0.222 e. The molecule has 1 aliphatic carbocycles. The summed E-state index contributed by atoms with van der Waals surface area (Å²) >= 11 is 0. The molecule has 186 valence electrons. The number of rotatable bonds is 5. The van der Waals surface area contributed by atoms with Crippen molar-refractivity contribution in [2.75, 3.05) is 26.2 Å². The van der Waals surface area contributed by atoms with Gasteiger partial charge in [0.25, 0.3) is 0 Å². The number of piperazine rings is 1. The van der Waals surface area contributed by atoms with E-state index in [1.54, 1.807) is 0 Å². The fourth-order valence-electron chi connectivity index (χ4n) is 6.11. The maximum absolute atomic E-state index is 13.1. The van der Waals surface area contributed by atoms with Gasteiger partial charge in [-0.15, -0.1) is 0 Å². The van der Waals surface area contributed by atoms with Crippen LogP contribution in [0.15, 0.2) is 24.3 Å². The molecule has 1 saturated heterocycles. The second kappa shape index (κ2) is 10.1. The van der Waals surface area contributed by atoms with Gasteiger partial charge >= 0.3 is 0 Å². The molecule has 35 heavy (non-hydrogen) atoms. The molecule has 0 radical (unpaired) electrons. The van der Waals surface area contributed by atoms with E-state index >= 15 is 0 Å². The Bertz CT molecular complexity index is 1200. The van der Waals surface area contributed by atoms with Crippen molar-refractivity contribution < 1.29 is 4.79 Å². The summed E-state index contributed by atoms with van der Waals surface area (Å²) in [7, 11) is 0. The van der Waals surface area contributed by atoms with E-state index in [2.05, 4.69) is 61.8 Å². The van der Waals surface area contributed by atoms with Crippen LogP contribution in [0, 0.1) is 27.7 Å². The number of hydrogen-bond donors (Lipinski definition) is 0. The van der Waals surface area contributed by atoms with Gasteiger partial charge in [0.05, 0.1) is 11.4 Å².